The zero-order valence-electron chi connectivity index (χ0n) is 9.90. The molecule has 0 saturated carbocycles. The van der Waals surface area contributed by atoms with Crippen LogP contribution in [0.15, 0.2) is 29.8 Å². The lowest BCUT2D eigenvalue weighted by Crippen LogP contribution is -2.29. The van der Waals surface area contributed by atoms with Gasteiger partial charge < -0.3 is 14.8 Å². The van der Waals surface area contributed by atoms with Gasteiger partial charge in [0.05, 0.1) is 0 Å². The number of benzene rings is 1. The first kappa shape index (κ1) is 12.8. The van der Waals surface area contributed by atoms with E-state index in [9.17, 15) is 0 Å². The van der Waals surface area contributed by atoms with Gasteiger partial charge in [0.15, 0.2) is 0 Å². The second kappa shape index (κ2) is 5.73. The van der Waals surface area contributed by atoms with Crippen LogP contribution in [0.4, 0.5) is 0 Å². The van der Waals surface area contributed by atoms with Crippen molar-refractivity contribution in [2.45, 2.75) is 20.8 Å². The Morgan fingerprint density at radius 2 is 2.06 bits per heavy atom. The highest BCUT2D eigenvalue weighted by molar-refractivity contribution is 6.58. The third kappa shape index (κ3) is 3.72. The van der Waals surface area contributed by atoms with Gasteiger partial charge in [-0.2, -0.15) is 0 Å². The van der Waals surface area contributed by atoms with E-state index in [2.05, 4.69) is 0 Å². The summed E-state index contributed by atoms with van der Waals surface area (Å²) < 4.78 is 5.54. The van der Waals surface area contributed by atoms with Gasteiger partial charge in [-0.25, -0.2) is 0 Å². The number of rotatable bonds is 4. The monoisotopic (exact) mass is 220 g/mol. The molecule has 0 spiro atoms. The summed E-state index contributed by atoms with van der Waals surface area (Å²) in [4.78, 5) is 0. The van der Waals surface area contributed by atoms with Gasteiger partial charge in [0.1, 0.15) is 12.4 Å². The fourth-order valence-electron chi connectivity index (χ4n) is 1.29. The summed E-state index contributed by atoms with van der Waals surface area (Å²) in [5.74, 6) is 0.766. The molecule has 2 N–H and O–H groups in total. The molecule has 0 saturated heterocycles. The number of ether oxygens (including phenoxy) is 1. The summed E-state index contributed by atoms with van der Waals surface area (Å²) >= 11 is 0. The van der Waals surface area contributed by atoms with Crippen LogP contribution in [0.5, 0.6) is 5.75 Å². The Hall–Kier alpha value is -1.26. The highest BCUT2D eigenvalue weighted by Gasteiger charge is 2.11. The first-order valence-corrected chi connectivity index (χ1v) is 5.23. The molecule has 1 rings (SSSR count). The number of hydrogen-bond acceptors (Lipinski definition) is 3. The van der Waals surface area contributed by atoms with Gasteiger partial charge in [-0.1, -0.05) is 17.7 Å². The summed E-state index contributed by atoms with van der Waals surface area (Å²) in [6.07, 6.45) is 1.99. The van der Waals surface area contributed by atoms with Gasteiger partial charge in [-0.3, -0.25) is 0 Å². The fourth-order valence-corrected chi connectivity index (χ4v) is 1.29. The van der Waals surface area contributed by atoms with Crippen molar-refractivity contribution in [1.29, 1.82) is 0 Å². The van der Waals surface area contributed by atoms with Gasteiger partial charge in [0.25, 0.3) is 0 Å². The van der Waals surface area contributed by atoms with E-state index in [1.807, 2.05) is 26.8 Å². The van der Waals surface area contributed by atoms with Crippen LogP contribution in [-0.4, -0.2) is 23.8 Å². The molecule has 4 heteroatoms. The lowest BCUT2D eigenvalue weighted by Gasteiger charge is -2.09. The average Bonchev–Trinajstić information content (AvgIpc) is 2.19. The van der Waals surface area contributed by atoms with Crippen molar-refractivity contribution >= 4 is 12.6 Å². The predicted octanol–water partition coefficient (Wildman–Crippen LogP) is 1.02. The van der Waals surface area contributed by atoms with Crippen LogP contribution in [-0.2, 0) is 0 Å². The Balaban J connectivity index is 2.72. The SMILES string of the molecule is CC(C)=CCOc1ccc(B(O)O)cc1C. The third-order valence-electron chi connectivity index (χ3n) is 2.23. The highest BCUT2D eigenvalue weighted by atomic mass is 16.5. The third-order valence-corrected chi connectivity index (χ3v) is 2.23. The molecule has 0 radical (unpaired) electrons. The minimum atomic E-state index is -1.43. The van der Waals surface area contributed by atoms with E-state index in [1.165, 1.54) is 5.57 Å². The van der Waals surface area contributed by atoms with E-state index in [0.717, 1.165) is 11.3 Å². The molecule has 0 atom stereocenters. The maximum atomic E-state index is 8.99. The molecule has 0 heterocycles. The van der Waals surface area contributed by atoms with Crippen molar-refractivity contribution in [2.75, 3.05) is 6.61 Å². The summed E-state index contributed by atoms with van der Waals surface area (Å²) in [5, 5.41) is 18.0. The zero-order valence-corrected chi connectivity index (χ0v) is 9.90. The molecule has 1 aromatic carbocycles. The second-order valence-corrected chi connectivity index (χ2v) is 3.99. The van der Waals surface area contributed by atoms with E-state index in [0.29, 0.717) is 12.1 Å². The van der Waals surface area contributed by atoms with Crippen LogP contribution in [0.1, 0.15) is 19.4 Å². The van der Waals surface area contributed by atoms with Crippen LogP contribution >= 0.6 is 0 Å². The standard InChI is InChI=1S/C12H17BO3/c1-9(2)6-7-16-12-5-4-11(13(14)15)8-10(12)3/h4-6,8,14-15H,7H2,1-3H3. The Morgan fingerprint density at radius 1 is 1.38 bits per heavy atom. The van der Waals surface area contributed by atoms with Gasteiger partial charge >= 0.3 is 7.12 Å². The van der Waals surface area contributed by atoms with E-state index in [1.54, 1.807) is 18.2 Å². The summed E-state index contributed by atoms with van der Waals surface area (Å²) in [5.41, 5.74) is 2.58. The molecule has 16 heavy (non-hydrogen) atoms. The Morgan fingerprint density at radius 3 is 2.56 bits per heavy atom. The van der Waals surface area contributed by atoms with Crippen molar-refractivity contribution in [3.05, 3.63) is 35.4 Å². The van der Waals surface area contributed by atoms with Crippen molar-refractivity contribution in [3.8, 4) is 5.75 Å². The molecule has 0 unspecified atom stereocenters. The summed E-state index contributed by atoms with van der Waals surface area (Å²) in [6, 6.07) is 5.11. The van der Waals surface area contributed by atoms with Gasteiger partial charge in [-0.05, 0) is 43.9 Å². The fraction of sp³-hybridized carbons (Fsp3) is 0.333. The van der Waals surface area contributed by atoms with E-state index >= 15 is 0 Å². The molecule has 0 amide bonds. The first-order valence-electron chi connectivity index (χ1n) is 5.23. The van der Waals surface area contributed by atoms with Gasteiger partial charge in [-0.15, -0.1) is 0 Å². The van der Waals surface area contributed by atoms with Crippen LogP contribution < -0.4 is 10.2 Å². The van der Waals surface area contributed by atoms with Crippen LogP contribution in [0.2, 0.25) is 0 Å². The number of aryl methyl sites for hydroxylation is 1. The molecule has 0 aliphatic carbocycles. The zero-order chi connectivity index (χ0) is 12.1. The average molecular weight is 220 g/mol. The highest BCUT2D eigenvalue weighted by Crippen LogP contribution is 2.15. The largest absolute Gasteiger partial charge is 0.489 e. The van der Waals surface area contributed by atoms with Crippen molar-refractivity contribution in [1.82, 2.24) is 0 Å². The molecule has 0 aromatic heterocycles. The smallest absolute Gasteiger partial charge is 0.488 e. The topological polar surface area (TPSA) is 49.7 Å². The molecule has 86 valence electrons. The second-order valence-electron chi connectivity index (χ2n) is 3.99. The Labute approximate surface area is 96.5 Å². The Bertz CT molecular complexity index is 382. The molecule has 3 nitrogen and oxygen atoms in total. The quantitative estimate of drug-likeness (QED) is 0.588. The van der Waals surface area contributed by atoms with E-state index in [-0.39, 0.29) is 0 Å². The lowest BCUT2D eigenvalue weighted by molar-refractivity contribution is 0.359. The van der Waals surface area contributed by atoms with Crippen LogP contribution in [0.3, 0.4) is 0 Å². The number of hydrogen-bond donors (Lipinski definition) is 2. The van der Waals surface area contributed by atoms with E-state index in [4.69, 9.17) is 14.8 Å². The van der Waals surface area contributed by atoms with E-state index < -0.39 is 7.12 Å². The molecule has 0 aliphatic rings. The van der Waals surface area contributed by atoms with Gasteiger partial charge in [0, 0.05) is 0 Å². The normalized spacial score (nSPS) is 9.81. The summed E-state index contributed by atoms with van der Waals surface area (Å²) in [6.45, 7) is 6.44. The molecular formula is C12H17BO3. The maximum Gasteiger partial charge on any atom is 0.488 e. The predicted molar refractivity (Wildman–Crippen MR) is 65.9 cm³/mol. The summed E-state index contributed by atoms with van der Waals surface area (Å²) in [7, 11) is -1.43. The number of allylic oxidation sites excluding steroid dienone is 1. The van der Waals surface area contributed by atoms with Gasteiger partial charge in [0.2, 0.25) is 0 Å². The van der Waals surface area contributed by atoms with Crippen molar-refractivity contribution in [2.24, 2.45) is 0 Å². The molecule has 0 bridgehead atoms. The lowest BCUT2D eigenvalue weighted by atomic mass is 9.79. The van der Waals surface area contributed by atoms with Crippen molar-refractivity contribution in [3.63, 3.8) is 0 Å². The first-order chi connectivity index (χ1) is 7.50. The van der Waals surface area contributed by atoms with Crippen LogP contribution in [0, 0.1) is 6.92 Å². The molecule has 0 aliphatic heterocycles. The van der Waals surface area contributed by atoms with Crippen molar-refractivity contribution < 1.29 is 14.8 Å². The minimum absolute atomic E-state index is 0.479. The molecule has 0 fully saturated rings. The maximum absolute atomic E-state index is 8.99. The van der Waals surface area contributed by atoms with Crippen LogP contribution in [0.25, 0.3) is 0 Å². The molecule has 1 aromatic rings. The molecular weight excluding hydrogens is 203 g/mol. The minimum Gasteiger partial charge on any atom is -0.489 e. The Kier molecular flexibility index (Phi) is 4.59.